The highest BCUT2D eigenvalue weighted by Crippen LogP contribution is 2.28. The van der Waals surface area contributed by atoms with E-state index < -0.39 is 0 Å². The van der Waals surface area contributed by atoms with Gasteiger partial charge < -0.3 is 10.8 Å². The largest absolute Gasteiger partial charge is 0.508 e. The summed E-state index contributed by atoms with van der Waals surface area (Å²) in [6.45, 7) is 0. The lowest BCUT2D eigenvalue weighted by Crippen LogP contribution is -2.12. The van der Waals surface area contributed by atoms with Crippen molar-refractivity contribution < 1.29 is 5.11 Å². The second-order valence-electron chi connectivity index (χ2n) is 4.50. The number of pyridine rings is 1. The smallest absolute Gasteiger partial charge is 0.120 e. The van der Waals surface area contributed by atoms with E-state index in [2.05, 4.69) is 4.98 Å². The molecule has 1 unspecified atom stereocenters. The summed E-state index contributed by atoms with van der Waals surface area (Å²) in [6.07, 6.45) is 1.76. The molecule has 3 aromatic rings. The van der Waals surface area contributed by atoms with Gasteiger partial charge in [-0.25, -0.2) is 0 Å². The highest BCUT2D eigenvalue weighted by molar-refractivity contribution is 5.79. The van der Waals surface area contributed by atoms with Gasteiger partial charge >= 0.3 is 0 Å². The van der Waals surface area contributed by atoms with E-state index in [1.165, 1.54) is 0 Å². The summed E-state index contributed by atoms with van der Waals surface area (Å²) in [7, 11) is 0. The molecule has 0 bridgehead atoms. The molecular formula is C16H14N2O. The molecule has 3 heteroatoms. The van der Waals surface area contributed by atoms with Gasteiger partial charge in [0.05, 0.1) is 11.6 Å². The van der Waals surface area contributed by atoms with E-state index in [0.717, 1.165) is 16.5 Å². The number of benzene rings is 2. The van der Waals surface area contributed by atoms with Crippen LogP contribution in [-0.4, -0.2) is 10.1 Å². The van der Waals surface area contributed by atoms with Crippen LogP contribution in [0.25, 0.3) is 10.9 Å². The van der Waals surface area contributed by atoms with E-state index in [0.29, 0.717) is 5.56 Å². The van der Waals surface area contributed by atoms with Crippen molar-refractivity contribution in [3.8, 4) is 5.75 Å². The Labute approximate surface area is 111 Å². The quantitative estimate of drug-likeness (QED) is 0.735. The zero-order valence-electron chi connectivity index (χ0n) is 10.3. The number of nitrogens with zero attached hydrogens (tertiary/aromatic N) is 1. The van der Waals surface area contributed by atoms with Gasteiger partial charge in [0.25, 0.3) is 0 Å². The Morgan fingerprint density at radius 1 is 1.00 bits per heavy atom. The summed E-state index contributed by atoms with van der Waals surface area (Å²) in [5, 5.41) is 10.9. The topological polar surface area (TPSA) is 59.1 Å². The minimum Gasteiger partial charge on any atom is -0.508 e. The molecule has 0 aliphatic carbocycles. The lowest BCUT2D eigenvalue weighted by molar-refractivity contribution is 0.465. The summed E-state index contributed by atoms with van der Waals surface area (Å²) < 4.78 is 0. The highest BCUT2D eigenvalue weighted by atomic mass is 16.3. The van der Waals surface area contributed by atoms with Crippen molar-refractivity contribution in [3.63, 3.8) is 0 Å². The average Bonchev–Trinajstić information content (AvgIpc) is 2.46. The Morgan fingerprint density at radius 2 is 1.74 bits per heavy atom. The molecule has 1 heterocycles. The normalized spacial score (nSPS) is 12.5. The summed E-state index contributed by atoms with van der Waals surface area (Å²) in [4.78, 5) is 4.40. The Kier molecular flexibility index (Phi) is 2.89. The van der Waals surface area contributed by atoms with Crippen LogP contribution in [0.3, 0.4) is 0 Å². The lowest BCUT2D eigenvalue weighted by atomic mass is 9.99. The van der Waals surface area contributed by atoms with E-state index in [1.54, 1.807) is 18.3 Å². The van der Waals surface area contributed by atoms with Crippen LogP contribution in [0.2, 0.25) is 0 Å². The standard InChI is InChI=1S/C16H14N2O/c17-16(13-6-2-4-8-15(13)19)12-9-11-5-1-3-7-14(11)18-10-12/h1-10,16,19H,17H2. The molecule has 0 amide bonds. The van der Waals surface area contributed by atoms with Crippen molar-refractivity contribution in [1.29, 1.82) is 0 Å². The maximum Gasteiger partial charge on any atom is 0.120 e. The Balaban J connectivity index is 2.07. The van der Waals surface area contributed by atoms with Gasteiger partial charge in [-0.05, 0) is 23.8 Å². The number of phenols is 1. The number of hydrogen-bond donors (Lipinski definition) is 2. The molecule has 0 saturated heterocycles. The molecule has 0 aliphatic heterocycles. The summed E-state index contributed by atoms with van der Waals surface area (Å²) in [5.41, 5.74) is 8.75. The number of para-hydroxylation sites is 2. The van der Waals surface area contributed by atoms with Gasteiger partial charge in [-0.15, -0.1) is 0 Å². The fourth-order valence-corrected chi connectivity index (χ4v) is 2.19. The number of fused-ring (bicyclic) bond motifs is 1. The third-order valence-electron chi connectivity index (χ3n) is 3.24. The number of hydrogen-bond acceptors (Lipinski definition) is 3. The molecular weight excluding hydrogens is 236 g/mol. The monoisotopic (exact) mass is 250 g/mol. The van der Waals surface area contributed by atoms with Gasteiger partial charge in [0.1, 0.15) is 5.75 Å². The zero-order chi connectivity index (χ0) is 13.2. The van der Waals surface area contributed by atoms with Crippen LogP contribution in [0.4, 0.5) is 0 Å². The van der Waals surface area contributed by atoms with Gasteiger partial charge in [0.15, 0.2) is 0 Å². The fourth-order valence-electron chi connectivity index (χ4n) is 2.19. The summed E-state index contributed by atoms with van der Waals surface area (Å²) in [6, 6.07) is 16.6. The Hall–Kier alpha value is -2.39. The van der Waals surface area contributed by atoms with E-state index in [-0.39, 0.29) is 11.8 Å². The van der Waals surface area contributed by atoms with Gasteiger partial charge in [-0.1, -0.05) is 36.4 Å². The van der Waals surface area contributed by atoms with Crippen LogP contribution in [0.5, 0.6) is 5.75 Å². The molecule has 0 saturated carbocycles. The molecule has 0 spiro atoms. The van der Waals surface area contributed by atoms with Crippen molar-refractivity contribution in [2.75, 3.05) is 0 Å². The van der Waals surface area contributed by atoms with Gasteiger partial charge in [0.2, 0.25) is 0 Å². The number of aromatic hydroxyl groups is 1. The molecule has 19 heavy (non-hydrogen) atoms. The van der Waals surface area contributed by atoms with Crippen LogP contribution in [0.1, 0.15) is 17.2 Å². The predicted octanol–water partition coefficient (Wildman–Crippen LogP) is 2.99. The molecule has 0 aliphatic rings. The summed E-state index contributed by atoms with van der Waals surface area (Å²) in [5.74, 6) is 0.211. The number of phenolic OH excluding ortho intramolecular Hbond substituents is 1. The van der Waals surface area contributed by atoms with Crippen LogP contribution in [-0.2, 0) is 0 Å². The Bertz CT molecular complexity index is 725. The Morgan fingerprint density at radius 3 is 2.58 bits per heavy atom. The first-order valence-electron chi connectivity index (χ1n) is 6.14. The molecule has 2 aromatic carbocycles. The van der Waals surface area contributed by atoms with Crippen molar-refractivity contribution in [3.05, 3.63) is 71.9 Å². The van der Waals surface area contributed by atoms with Crippen molar-refractivity contribution >= 4 is 10.9 Å². The van der Waals surface area contributed by atoms with E-state index >= 15 is 0 Å². The lowest BCUT2D eigenvalue weighted by Gasteiger charge is -2.14. The van der Waals surface area contributed by atoms with Crippen LogP contribution in [0, 0.1) is 0 Å². The molecule has 1 aromatic heterocycles. The van der Waals surface area contributed by atoms with Crippen molar-refractivity contribution in [1.82, 2.24) is 4.98 Å². The molecule has 3 nitrogen and oxygen atoms in total. The maximum absolute atomic E-state index is 9.86. The van der Waals surface area contributed by atoms with Gasteiger partial charge in [-0.3, -0.25) is 4.98 Å². The minimum atomic E-state index is -0.377. The van der Waals surface area contributed by atoms with Crippen LogP contribution in [0.15, 0.2) is 60.8 Å². The SMILES string of the molecule is NC(c1cnc2ccccc2c1)c1ccccc1O. The molecule has 0 radical (unpaired) electrons. The molecule has 1 atom stereocenters. The third-order valence-corrected chi connectivity index (χ3v) is 3.24. The first-order chi connectivity index (χ1) is 9.25. The molecule has 0 fully saturated rings. The second kappa shape index (κ2) is 4.71. The summed E-state index contributed by atoms with van der Waals surface area (Å²) >= 11 is 0. The zero-order valence-corrected chi connectivity index (χ0v) is 10.3. The maximum atomic E-state index is 9.86. The highest BCUT2D eigenvalue weighted by Gasteiger charge is 2.13. The van der Waals surface area contributed by atoms with Gasteiger partial charge in [-0.2, -0.15) is 0 Å². The number of aromatic nitrogens is 1. The molecule has 94 valence electrons. The fraction of sp³-hybridized carbons (Fsp3) is 0.0625. The predicted molar refractivity (Wildman–Crippen MR) is 75.9 cm³/mol. The van der Waals surface area contributed by atoms with E-state index in [9.17, 15) is 5.11 Å². The van der Waals surface area contributed by atoms with Gasteiger partial charge in [0, 0.05) is 17.1 Å². The van der Waals surface area contributed by atoms with Crippen LogP contribution < -0.4 is 5.73 Å². The second-order valence-corrected chi connectivity index (χ2v) is 4.50. The first-order valence-corrected chi connectivity index (χ1v) is 6.14. The number of rotatable bonds is 2. The van der Waals surface area contributed by atoms with Crippen molar-refractivity contribution in [2.45, 2.75) is 6.04 Å². The average molecular weight is 250 g/mol. The molecule has 3 N–H and O–H groups in total. The minimum absolute atomic E-state index is 0.211. The van der Waals surface area contributed by atoms with E-state index in [4.69, 9.17) is 5.73 Å². The third kappa shape index (κ3) is 2.16. The van der Waals surface area contributed by atoms with E-state index in [1.807, 2.05) is 42.5 Å². The molecule has 3 rings (SSSR count). The number of nitrogens with two attached hydrogens (primary N) is 1. The van der Waals surface area contributed by atoms with Crippen molar-refractivity contribution in [2.24, 2.45) is 5.73 Å². The first kappa shape index (κ1) is 11.7. The van der Waals surface area contributed by atoms with Crippen LogP contribution >= 0.6 is 0 Å².